The van der Waals surface area contributed by atoms with E-state index in [0.29, 0.717) is 18.5 Å². The minimum Gasteiger partial charge on any atom is -0.504 e. The van der Waals surface area contributed by atoms with Crippen LogP contribution < -0.4 is 4.74 Å². The molecule has 7 heteroatoms. The number of esters is 1. The van der Waals surface area contributed by atoms with Gasteiger partial charge in [-0.15, -0.1) is 0 Å². The lowest BCUT2D eigenvalue weighted by Crippen LogP contribution is -2.48. The van der Waals surface area contributed by atoms with Crippen LogP contribution in [0.25, 0.3) is 0 Å². The molecule has 1 atom stereocenters. The fraction of sp³-hybridized carbons (Fsp3) is 0.318. The van der Waals surface area contributed by atoms with Crippen molar-refractivity contribution in [2.24, 2.45) is 0 Å². The molecule has 1 unspecified atom stereocenters. The smallest absolute Gasteiger partial charge is 0.329 e. The minimum atomic E-state index is -0.714. The predicted molar refractivity (Wildman–Crippen MR) is 105 cm³/mol. The van der Waals surface area contributed by atoms with Gasteiger partial charge in [0.25, 0.3) is 5.91 Å². The zero-order valence-electron chi connectivity index (χ0n) is 16.2. The quantitative estimate of drug-likeness (QED) is 0.595. The predicted octanol–water partition coefficient (Wildman–Crippen LogP) is 2.82. The maximum Gasteiger partial charge on any atom is 0.329 e. The zero-order valence-corrected chi connectivity index (χ0v) is 16.2. The summed E-state index contributed by atoms with van der Waals surface area (Å²) in [5, 5.41) is 9.80. The third-order valence-corrected chi connectivity index (χ3v) is 4.90. The lowest BCUT2D eigenvalue weighted by atomic mass is 10.0. The highest BCUT2D eigenvalue weighted by Crippen LogP contribution is 2.26. The number of ketones is 1. The van der Waals surface area contributed by atoms with E-state index in [9.17, 15) is 19.5 Å². The molecule has 1 N–H and O–H groups in total. The molecule has 1 saturated heterocycles. The topological polar surface area (TPSA) is 93.1 Å². The van der Waals surface area contributed by atoms with Crippen LogP contribution in [0.5, 0.6) is 11.5 Å². The summed E-state index contributed by atoms with van der Waals surface area (Å²) in [6.45, 7) is 0.00224. The van der Waals surface area contributed by atoms with Crippen LogP contribution in [0.1, 0.15) is 40.0 Å². The first-order valence-electron chi connectivity index (χ1n) is 9.44. The number of phenols is 1. The number of carbonyl (C=O) groups is 3. The lowest BCUT2D eigenvalue weighted by Gasteiger charge is -2.34. The summed E-state index contributed by atoms with van der Waals surface area (Å²) in [5.41, 5.74) is 0.717. The third kappa shape index (κ3) is 4.74. The summed E-state index contributed by atoms with van der Waals surface area (Å²) in [4.78, 5) is 39.2. The van der Waals surface area contributed by atoms with Crippen molar-refractivity contribution in [1.29, 1.82) is 0 Å². The third-order valence-electron chi connectivity index (χ3n) is 4.90. The van der Waals surface area contributed by atoms with Crippen molar-refractivity contribution in [3.8, 4) is 11.5 Å². The molecule has 3 rings (SSSR count). The SMILES string of the molecule is COc1ccc(C(=O)COC(=O)C2CCCCN2C(=O)c2ccccc2)cc1O. The molecule has 152 valence electrons. The van der Waals surface area contributed by atoms with Gasteiger partial charge in [0.05, 0.1) is 7.11 Å². The Morgan fingerprint density at radius 3 is 2.52 bits per heavy atom. The van der Waals surface area contributed by atoms with Gasteiger partial charge in [-0.05, 0) is 49.6 Å². The monoisotopic (exact) mass is 397 g/mol. The number of piperidine rings is 1. The Kier molecular flexibility index (Phi) is 6.49. The minimum absolute atomic E-state index is 0.170. The fourth-order valence-corrected chi connectivity index (χ4v) is 3.35. The molecule has 2 aromatic rings. The summed E-state index contributed by atoms with van der Waals surface area (Å²) in [6, 6.07) is 12.3. The molecule has 7 nitrogen and oxygen atoms in total. The van der Waals surface area contributed by atoms with Crippen LogP contribution in [-0.4, -0.2) is 54.0 Å². The molecule has 1 aliphatic heterocycles. The summed E-state index contributed by atoms with van der Waals surface area (Å²) >= 11 is 0. The second-order valence-corrected chi connectivity index (χ2v) is 6.79. The number of carbonyl (C=O) groups excluding carboxylic acids is 3. The van der Waals surface area contributed by atoms with Gasteiger partial charge >= 0.3 is 5.97 Å². The number of Topliss-reactive ketones (excluding diaryl/α,β-unsaturated/α-hetero) is 1. The molecule has 0 spiro atoms. The summed E-state index contributed by atoms with van der Waals surface area (Å²) in [5.74, 6) is -1.20. The first kappa shape index (κ1) is 20.4. The van der Waals surface area contributed by atoms with E-state index in [-0.39, 0.29) is 23.0 Å². The number of amides is 1. The number of benzene rings is 2. The van der Waals surface area contributed by atoms with Crippen LogP contribution in [0.15, 0.2) is 48.5 Å². The Morgan fingerprint density at radius 2 is 1.83 bits per heavy atom. The van der Waals surface area contributed by atoms with Crippen LogP contribution in [-0.2, 0) is 9.53 Å². The maximum atomic E-state index is 12.8. The van der Waals surface area contributed by atoms with Gasteiger partial charge in [-0.2, -0.15) is 0 Å². The van der Waals surface area contributed by atoms with Crippen molar-refractivity contribution in [2.75, 3.05) is 20.3 Å². The largest absolute Gasteiger partial charge is 0.504 e. The van der Waals surface area contributed by atoms with Gasteiger partial charge in [-0.25, -0.2) is 4.79 Å². The number of hydrogen-bond donors (Lipinski definition) is 1. The van der Waals surface area contributed by atoms with E-state index in [1.807, 2.05) is 6.07 Å². The van der Waals surface area contributed by atoms with Gasteiger partial charge in [0.1, 0.15) is 6.04 Å². The van der Waals surface area contributed by atoms with Crippen molar-refractivity contribution < 1.29 is 29.0 Å². The Bertz CT molecular complexity index is 895. The van der Waals surface area contributed by atoms with Crippen LogP contribution in [0.2, 0.25) is 0 Å². The number of ether oxygens (including phenoxy) is 2. The van der Waals surface area contributed by atoms with E-state index in [1.54, 1.807) is 24.3 Å². The van der Waals surface area contributed by atoms with E-state index in [2.05, 4.69) is 0 Å². The molecule has 29 heavy (non-hydrogen) atoms. The van der Waals surface area contributed by atoms with Gasteiger partial charge < -0.3 is 19.5 Å². The highest BCUT2D eigenvalue weighted by atomic mass is 16.5. The second-order valence-electron chi connectivity index (χ2n) is 6.79. The van der Waals surface area contributed by atoms with Crippen molar-refractivity contribution >= 4 is 17.7 Å². The van der Waals surface area contributed by atoms with Crippen LogP contribution in [0.4, 0.5) is 0 Å². The van der Waals surface area contributed by atoms with E-state index in [4.69, 9.17) is 9.47 Å². The number of hydrogen-bond acceptors (Lipinski definition) is 6. The second kappa shape index (κ2) is 9.23. The van der Waals surface area contributed by atoms with Gasteiger partial charge in [0.15, 0.2) is 23.9 Å². The van der Waals surface area contributed by atoms with E-state index in [1.165, 1.54) is 30.2 Å². The van der Waals surface area contributed by atoms with E-state index < -0.39 is 24.4 Å². The van der Waals surface area contributed by atoms with E-state index >= 15 is 0 Å². The van der Waals surface area contributed by atoms with Crippen molar-refractivity contribution in [3.63, 3.8) is 0 Å². The molecule has 0 aliphatic carbocycles. The van der Waals surface area contributed by atoms with Crippen LogP contribution in [0.3, 0.4) is 0 Å². The summed E-state index contributed by atoms with van der Waals surface area (Å²) in [7, 11) is 1.41. The van der Waals surface area contributed by atoms with Crippen LogP contribution >= 0.6 is 0 Å². The molecule has 1 heterocycles. The highest BCUT2D eigenvalue weighted by molar-refractivity contribution is 5.99. The summed E-state index contributed by atoms with van der Waals surface area (Å²) < 4.78 is 10.2. The van der Waals surface area contributed by atoms with Crippen molar-refractivity contribution in [3.05, 3.63) is 59.7 Å². The van der Waals surface area contributed by atoms with Crippen LogP contribution in [0, 0.1) is 0 Å². The highest BCUT2D eigenvalue weighted by Gasteiger charge is 2.34. The van der Waals surface area contributed by atoms with Crippen molar-refractivity contribution in [1.82, 2.24) is 4.90 Å². The standard InChI is InChI=1S/C22H23NO6/c1-28-20-11-10-16(13-18(20)24)19(25)14-29-22(27)17-9-5-6-12-23(17)21(26)15-7-3-2-4-8-15/h2-4,7-8,10-11,13,17,24H,5-6,9,12,14H2,1H3. The number of aromatic hydroxyl groups is 1. The Labute approximate surface area is 168 Å². The number of likely N-dealkylation sites (tertiary alicyclic amines) is 1. The number of nitrogens with zero attached hydrogens (tertiary/aromatic N) is 1. The van der Waals surface area contributed by atoms with Gasteiger partial charge in [0, 0.05) is 17.7 Å². The maximum absolute atomic E-state index is 12.8. The molecule has 1 amide bonds. The zero-order chi connectivity index (χ0) is 20.8. The Hall–Kier alpha value is -3.35. The first-order valence-corrected chi connectivity index (χ1v) is 9.44. The molecule has 1 fully saturated rings. The molecule has 0 aromatic heterocycles. The molecule has 0 bridgehead atoms. The van der Waals surface area contributed by atoms with Crippen molar-refractivity contribution in [2.45, 2.75) is 25.3 Å². The van der Waals surface area contributed by atoms with E-state index in [0.717, 1.165) is 12.8 Å². The average molecular weight is 397 g/mol. The van der Waals surface area contributed by atoms with Gasteiger partial charge in [0.2, 0.25) is 0 Å². The average Bonchev–Trinajstić information content (AvgIpc) is 2.77. The summed E-state index contributed by atoms with van der Waals surface area (Å²) in [6.07, 6.45) is 2.11. The fourth-order valence-electron chi connectivity index (χ4n) is 3.35. The normalized spacial score (nSPS) is 16.2. The van der Waals surface area contributed by atoms with Gasteiger partial charge in [-0.1, -0.05) is 18.2 Å². The molecule has 2 aromatic carbocycles. The number of methoxy groups -OCH3 is 1. The molecule has 0 saturated carbocycles. The molecule has 0 radical (unpaired) electrons. The van der Waals surface area contributed by atoms with Gasteiger partial charge in [-0.3, -0.25) is 9.59 Å². The molecular weight excluding hydrogens is 374 g/mol. The first-order chi connectivity index (χ1) is 14.0. The number of phenolic OH excluding ortho intramolecular Hbond substituents is 1. The Morgan fingerprint density at radius 1 is 1.07 bits per heavy atom. The lowest BCUT2D eigenvalue weighted by molar-refractivity contribution is -0.149. The number of rotatable bonds is 6. The molecule has 1 aliphatic rings. The Balaban J connectivity index is 1.64. The molecular formula is C22H23NO6.